The fraction of sp³-hybridized carbons (Fsp3) is 0.368. The molecule has 1 fully saturated rings. The second kappa shape index (κ2) is 9.12. The summed E-state index contributed by atoms with van der Waals surface area (Å²) in [5, 5.41) is 9.53. The van der Waals surface area contributed by atoms with Crippen molar-refractivity contribution in [3.05, 3.63) is 45.7 Å². The lowest BCUT2D eigenvalue weighted by Gasteiger charge is -2.24. The Morgan fingerprint density at radius 3 is 2.31 bits per heavy atom. The van der Waals surface area contributed by atoms with Crippen LogP contribution in [0.2, 0.25) is 10.0 Å². The van der Waals surface area contributed by atoms with E-state index in [1.807, 2.05) is 0 Å². The number of alkyl halides is 6. The van der Waals surface area contributed by atoms with Crippen LogP contribution in [0.3, 0.4) is 0 Å². The smallest absolute Gasteiger partial charge is 0.390 e. The number of carbonyl (C=O) groups is 1. The van der Waals surface area contributed by atoms with Gasteiger partial charge in [0.05, 0.1) is 27.7 Å². The van der Waals surface area contributed by atoms with Crippen LogP contribution in [0, 0.1) is 0 Å². The van der Waals surface area contributed by atoms with Gasteiger partial charge in [-0.2, -0.15) is 31.8 Å². The van der Waals surface area contributed by atoms with Gasteiger partial charge in [-0.15, -0.1) is 0 Å². The number of pyridine rings is 2. The number of urea groups is 1. The number of nitrogens with zero attached hydrogens (tertiary/aromatic N) is 4. The Balaban J connectivity index is 1.39. The maximum atomic E-state index is 12.9. The molecule has 2 atom stereocenters. The molecule has 0 aliphatic carbocycles. The number of carbonyl (C=O) groups excluding carboxylic acids is 1. The zero-order valence-electron chi connectivity index (χ0n) is 17.9. The Kier molecular flexibility index (Phi) is 6.59. The van der Waals surface area contributed by atoms with Gasteiger partial charge in [-0.3, -0.25) is 0 Å². The van der Waals surface area contributed by atoms with Gasteiger partial charge in [0.15, 0.2) is 5.82 Å². The summed E-state index contributed by atoms with van der Waals surface area (Å²) >= 11 is 11.8. The van der Waals surface area contributed by atoms with E-state index >= 15 is 0 Å². The second-order valence-electron chi connectivity index (χ2n) is 7.93. The third-order valence-corrected chi connectivity index (χ3v) is 5.80. The summed E-state index contributed by atoms with van der Waals surface area (Å²) in [4.78, 5) is 25.2. The molecule has 2 aliphatic rings. The number of rotatable bonds is 5. The molecule has 0 unspecified atom stereocenters. The molecule has 3 N–H and O–H groups in total. The molecule has 0 saturated carbocycles. The fourth-order valence-corrected chi connectivity index (χ4v) is 3.86. The van der Waals surface area contributed by atoms with Crippen molar-refractivity contribution in [1.29, 1.82) is 0 Å². The van der Waals surface area contributed by atoms with E-state index in [1.54, 1.807) is 0 Å². The average molecular weight is 558 g/mol. The highest BCUT2D eigenvalue weighted by molar-refractivity contribution is 6.33. The van der Waals surface area contributed by atoms with Gasteiger partial charge in [0.25, 0.3) is 0 Å². The minimum absolute atomic E-state index is 0.00872. The number of anilines is 2. The summed E-state index contributed by atoms with van der Waals surface area (Å²) in [6, 6.07) is 0.631. The molecule has 0 radical (unpaired) electrons. The number of oxime groups is 1. The van der Waals surface area contributed by atoms with E-state index in [4.69, 9.17) is 28.0 Å². The minimum Gasteiger partial charge on any atom is -0.390 e. The van der Waals surface area contributed by atoms with Gasteiger partial charge in [-0.25, -0.2) is 19.8 Å². The first-order valence-corrected chi connectivity index (χ1v) is 10.8. The normalized spacial score (nSPS) is 22.4. The maximum absolute atomic E-state index is 12.9. The van der Waals surface area contributed by atoms with Crippen molar-refractivity contribution in [1.82, 2.24) is 20.7 Å². The number of hydrogen-bond acceptors (Lipinski definition) is 7. The molecule has 2 aromatic rings. The van der Waals surface area contributed by atoms with Crippen LogP contribution in [0.25, 0.3) is 0 Å². The lowest BCUT2D eigenvalue weighted by Crippen LogP contribution is -2.55. The van der Waals surface area contributed by atoms with Crippen LogP contribution >= 0.6 is 23.2 Å². The predicted molar refractivity (Wildman–Crippen MR) is 116 cm³/mol. The fourth-order valence-electron chi connectivity index (χ4n) is 3.37. The summed E-state index contributed by atoms with van der Waals surface area (Å²) in [5.41, 5.74) is -0.286. The van der Waals surface area contributed by atoms with Crippen molar-refractivity contribution in [2.45, 2.75) is 37.5 Å². The molecule has 2 aliphatic heterocycles. The third-order valence-electron chi connectivity index (χ3n) is 5.23. The van der Waals surface area contributed by atoms with Gasteiger partial charge in [-0.1, -0.05) is 28.4 Å². The lowest BCUT2D eigenvalue weighted by atomic mass is 10.0. The predicted octanol–water partition coefficient (Wildman–Crippen LogP) is 4.83. The Morgan fingerprint density at radius 1 is 1.11 bits per heavy atom. The Hall–Kier alpha value is -3.04. The molecule has 1 saturated heterocycles. The van der Waals surface area contributed by atoms with Gasteiger partial charge < -0.3 is 15.5 Å². The summed E-state index contributed by atoms with van der Waals surface area (Å²) in [5.74, 6) is -0.249. The van der Waals surface area contributed by atoms with E-state index in [9.17, 15) is 31.1 Å². The van der Waals surface area contributed by atoms with Crippen LogP contribution in [0.4, 0.5) is 42.8 Å². The second-order valence-corrected chi connectivity index (χ2v) is 8.75. The van der Waals surface area contributed by atoms with Crippen molar-refractivity contribution in [2.24, 2.45) is 5.16 Å². The Labute approximate surface area is 208 Å². The minimum atomic E-state index is -4.66. The van der Waals surface area contributed by atoms with Crippen LogP contribution in [0.15, 0.2) is 29.7 Å². The monoisotopic (exact) mass is 557 g/mol. The number of aromatic nitrogens is 2. The van der Waals surface area contributed by atoms with E-state index < -0.39 is 46.3 Å². The Bertz CT molecular complexity index is 1230. The number of nitrogens with one attached hydrogen (secondary N) is 3. The molecule has 194 valence electrons. The molecule has 0 aromatic carbocycles. The van der Waals surface area contributed by atoms with E-state index in [2.05, 4.69) is 31.2 Å². The highest BCUT2D eigenvalue weighted by Crippen LogP contribution is 2.35. The Morgan fingerprint density at radius 2 is 1.72 bits per heavy atom. The van der Waals surface area contributed by atoms with Gasteiger partial charge in [0.1, 0.15) is 23.3 Å². The zero-order chi connectivity index (χ0) is 26.5. The summed E-state index contributed by atoms with van der Waals surface area (Å²) < 4.78 is 76.9. The van der Waals surface area contributed by atoms with E-state index in [-0.39, 0.29) is 29.6 Å². The average Bonchev–Trinajstić information content (AvgIpc) is 3.36. The van der Waals surface area contributed by atoms with Crippen molar-refractivity contribution in [3.8, 4) is 0 Å². The van der Waals surface area contributed by atoms with Gasteiger partial charge >= 0.3 is 18.4 Å². The lowest BCUT2D eigenvalue weighted by molar-refractivity contribution is -0.138. The van der Waals surface area contributed by atoms with Crippen LogP contribution in [0.5, 0.6) is 0 Å². The van der Waals surface area contributed by atoms with Crippen molar-refractivity contribution in [2.75, 3.05) is 16.9 Å². The van der Waals surface area contributed by atoms with Crippen molar-refractivity contribution < 1.29 is 36.0 Å². The highest BCUT2D eigenvalue weighted by Gasteiger charge is 2.47. The van der Waals surface area contributed by atoms with E-state index in [0.717, 1.165) is 11.1 Å². The van der Waals surface area contributed by atoms with Crippen molar-refractivity contribution in [3.63, 3.8) is 0 Å². The molecule has 2 amide bonds. The van der Waals surface area contributed by atoms with Crippen LogP contribution in [-0.2, 0) is 17.2 Å². The maximum Gasteiger partial charge on any atom is 0.417 e. The van der Waals surface area contributed by atoms with Gasteiger partial charge in [-0.05, 0) is 19.1 Å². The zero-order valence-corrected chi connectivity index (χ0v) is 19.4. The van der Waals surface area contributed by atoms with Crippen LogP contribution in [-0.4, -0.2) is 40.0 Å². The molecule has 4 heterocycles. The molecule has 0 bridgehead atoms. The quantitative estimate of drug-likeness (QED) is 0.455. The first kappa shape index (κ1) is 26.0. The van der Waals surface area contributed by atoms with Crippen LogP contribution < -0.4 is 21.1 Å². The van der Waals surface area contributed by atoms with E-state index in [0.29, 0.717) is 24.2 Å². The third kappa shape index (κ3) is 5.22. The van der Waals surface area contributed by atoms with E-state index in [1.165, 1.54) is 6.92 Å². The highest BCUT2D eigenvalue weighted by atomic mass is 35.5. The number of hydrogen-bond donors (Lipinski definition) is 3. The molecule has 9 nitrogen and oxygen atoms in total. The van der Waals surface area contributed by atoms with Gasteiger partial charge in [0.2, 0.25) is 0 Å². The first-order valence-electron chi connectivity index (χ1n) is 10.00. The summed E-state index contributed by atoms with van der Waals surface area (Å²) in [6.45, 7) is 1.60. The number of halogens is 8. The molecule has 0 spiro atoms. The largest absolute Gasteiger partial charge is 0.417 e. The molecular formula is C19H15Cl2F6N7O2. The van der Waals surface area contributed by atoms with Gasteiger partial charge in [0, 0.05) is 18.8 Å². The molecular weight excluding hydrogens is 543 g/mol. The summed E-state index contributed by atoms with van der Waals surface area (Å²) in [6.07, 6.45) is -8.50. The molecule has 36 heavy (non-hydrogen) atoms. The standard InChI is InChI=1S/C19H15Cl2F6N7O2/c1-17(31-16(35)34(33-17)15-12(21)3-9(6-30-15)19(25,26)27)13-4-10(36-32-13)7-29-14-11(20)2-8(5-28-14)18(22,23)24/h2-3,5-6,10,33H,4,7H2,1H3,(H,28,29)(H,31,35)/t10-,17+/m0/s1. The topological polar surface area (TPSA) is 104 Å². The van der Waals surface area contributed by atoms with Crippen molar-refractivity contribution >= 4 is 46.6 Å². The molecule has 17 heteroatoms. The first-order chi connectivity index (χ1) is 16.7. The molecule has 2 aromatic heterocycles. The van der Waals surface area contributed by atoms with Crippen LogP contribution in [0.1, 0.15) is 24.5 Å². The number of amides is 2. The summed E-state index contributed by atoms with van der Waals surface area (Å²) in [7, 11) is 0. The SMILES string of the molecule is C[C@@]1(C2=NO[C@H](CNc3ncc(C(F)(F)F)cc3Cl)C2)NC(=O)N(c2ncc(C(F)(F)F)cc2Cl)N1. The molecule has 4 rings (SSSR count). The number of hydrazine groups is 1.